The molecule has 0 aliphatic heterocycles. The lowest BCUT2D eigenvalue weighted by Gasteiger charge is -2.05. The van der Waals surface area contributed by atoms with Gasteiger partial charge in [-0.15, -0.1) is 15.3 Å². The summed E-state index contributed by atoms with van der Waals surface area (Å²) in [6, 6.07) is 10.0. The Morgan fingerprint density at radius 1 is 1.12 bits per heavy atom. The van der Waals surface area contributed by atoms with E-state index in [1.54, 1.807) is 36.5 Å². The molecule has 0 unspecified atom stereocenters. The van der Waals surface area contributed by atoms with E-state index in [4.69, 9.17) is 0 Å². The minimum Gasteiger partial charge on any atom is -0.336 e. The fraction of sp³-hybridized carbons (Fsp3) is 0.222. The van der Waals surface area contributed by atoms with Gasteiger partial charge in [-0.2, -0.15) is 9.61 Å². The van der Waals surface area contributed by atoms with Gasteiger partial charge in [-0.3, -0.25) is 4.68 Å². The van der Waals surface area contributed by atoms with E-state index >= 15 is 0 Å². The van der Waals surface area contributed by atoms with Gasteiger partial charge in [-0.1, -0.05) is 26.0 Å². The third-order valence-corrected chi connectivity index (χ3v) is 3.84. The molecule has 0 aliphatic carbocycles. The van der Waals surface area contributed by atoms with Gasteiger partial charge in [0.2, 0.25) is 0 Å². The van der Waals surface area contributed by atoms with Crippen molar-refractivity contribution in [1.82, 2.24) is 29.6 Å². The van der Waals surface area contributed by atoms with Crippen molar-refractivity contribution < 1.29 is 4.39 Å². The monoisotopic (exact) mass is 351 g/mol. The van der Waals surface area contributed by atoms with Crippen LogP contribution in [0.15, 0.2) is 48.8 Å². The van der Waals surface area contributed by atoms with Gasteiger partial charge in [0.15, 0.2) is 17.3 Å². The minimum atomic E-state index is -0.364. The van der Waals surface area contributed by atoms with Crippen molar-refractivity contribution >= 4 is 17.2 Å². The van der Waals surface area contributed by atoms with Crippen LogP contribution in [0.3, 0.4) is 0 Å². The molecule has 0 saturated carbocycles. The number of fused-ring (bicyclic) bond motifs is 1. The third kappa shape index (κ3) is 3.13. The van der Waals surface area contributed by atoms with Gasteiger partial charge in [-0.25, -0.2) is 4.39 Å². The van der Waals surface area contributed by atoms with Crippen LogP contribution in [-0.4, -0.2) is 29.6 Å². The zero-order valence-corrected chi connectivity index (χ0v) is 14.5. The Bertz CT molecular complexity index is 1050. The summed E-state index contributed by atoms with van der Waals surface area (Å²) in [5.74, 6) is 1.10. The summed E-state index contributed by atoms with van der Waals surface area (Å²) in [6.45, 7) is 5.12. The molecule has 0 fully saturated rings. The lowest BCUT2D eigenvalue weighted by molar-refractivity contribution is 0.483. The summed E-state index contributed by atoms with van der Waals surface area (Å²) in [7, 11) is 0. The summed E-state index contributed by atoms with van der Waals surface area (Å²) >= 11 is 0. The van der Waals surface area contributed by atoms with Gasteiger partial charge >= 0.3 is 0 Å². The number of benzene rings is 1. The molecular weight excluding hydrogens is 333 g/mol. The molecule has 1 aromatic carbocycles. The first-order valence-corrected chi connectivity index (χ1v) is 8.37. The molecule has 132 valence electrons. The summed E-state index contributed by atoms with van der Waals surface area (Å²) in [5.41, 5.74) is 1.73. The molecule has 8 heteroatoms. The Hall–Kier alpha value is -3.29. The number of rotatable bonds is 5. The van der Waals surface area contributed by atoms with Gasteiger partial charge in [-0.05, 0) is 30.2 Å². The first kappa shape index (κ1) is 16.2. The van der Waals surface area contributed by atoms with Crippen LogP contribution in [0.25, 0.3) is 17.0 Å². The summed E-state index contributed by atoms with van der Waals surface area (Å²) < 4.78 is 17.5. The van der Waals surface area contributed by atoms with E-state index in [-0.39, 0.29) is 5.82 Å². The van der Waals surface area contributed by atoms with E-state index in [0.717, 1.165) is 12.2 Å². The van der Waals surface area contributed by atoms with E-state index < -0.39 is 0 Å². The molecular formula is C18H18FN7. The van der Waals surface area contributed by atoms with Gasteiger partial charge in [0.25, 0.3) is 0 Å². The SMILES string of the molecule is CC(C)Cn1cc(Nc2ccc3nnc(-c4ccccc4F)n3n2)cn1. The standard InChI is InChI=1S/C18H18FN7/c1-12(2)10-25-11-13(9-20-25)21-16-7-8-17-22-23-18(26(17)24-16)14-5-3-4-6-15(14)19/h3-9,11-12H,10H2,1-2H3,(H,21,24). The number of hydrogen-bond donors (Lipinski definition) is 1. The highest BCUT2D eigenvalue weighted by Crippen LogP contribution is 2.22. The number of nitrogens with one attached hydrogen (secondary N) is 1. The van der Waals surface area contributed by atoms with Crippen molar-refractivity contribution in [3.8, 4) is 11.4 Å². The summed E-state index contributed by atoms with van der Waals surface area (Å²) in [6.07, 6.45) is 3.67. The van der Waals surface area contributed by atoms with Crippen LogP contribution in [0, 0.1) is 11.7 Å². The molecule has 0 spiro atoms. The Kier molecular flexibility index (Phi) is 4.08. The van der Waals surface area contributed by atoms with Gasteiger partial charge < -0.3 is 5.32 Å². The van der Waals surface area contributed by atoms with E-state index in [9.17, 15) is 4.39 Å². The van der Waals surface area contributed by atoms with E-state index in [0.29, 0.717) is 28.8 Å². The molecule has 1 N–H and O–H groups in total. The van der Waals surface area contributed by atoms with Crippen LogP contribution < -0.4 is 5.32 Å². The molecule has 4 rings (SSSR count). The van der Waals surface area contributed by atoms with E-state index in [2.05, 4.69) is 39.6 Å². The Morgan fingerprint density at radius 3 is 2.77 bits per heavy atom. The largest absolute Gasteiger partial charge is 0.336 e. The number of halogens is 1. The molecule has 4 aromatic rings. The Labute approximate surface area is 149 Å². The Morgan fingerprint density at radius 2 is 1.96 bits per heavy atom. The van der Waals surface area contributed by atoms with Crippen LogP contribution in [0.1, 0.15) is 13.8 Å². The van der Waals surface area contributed by atoms with Gasteiger partial charge in [0.05, 0.1) is 17.4 Å². The molecule has 0 atom stereocenters. The van der Waals surface area contributed by atoms with Crippen LogP contribution in [0.2, 0.25) is 0 Å². The van der Waals surface area contributed by atoms with Crippen LogP contribution >= 0.6 is 0 Å². The van der Waals surface area contributed by atoms with Crippen molar-refractivity contribution in [2.24, 2.45) is 5.92 Å². The summed E-state index contributed by atoms with van der Waals surface area (Å²) in [4.78, 5) is 0. The lowest BCUT2D eigenvalue weighted by Crippen LogP contribution is -2.04. The second-order valence-corrected chi connectivity index (χ2v) is 6.46. The summed E-state index contributed by atoms with van der Waals surface area (Å²) in [5, 5.41) is 20.2. The first-order chi connectivity index (χ1) is 12.6. The van der Waals surface area contributed by atoms with E-state index in [1.807, 2.05) is 10.9 Å². The molecule has 3 heterocycles. The van der Waals surface area contributed by atoms with Crippen molar-refractivity contribution in [2.45, 2.75) is 20.4 Å². The molecule has 0 bridgehead atoms. The predicted molar refractivity (Wildman–Crippen MR) is 96.5 cm³/mol. The second kappa shape index (κ2) is 6.55. The zero-order valence-electron chi connectivity index (χ0n) is 14.5. The Balaban J connectivity index is 1.66. The van der Waals surface area contributed by atoms with Crippen molar-refractivity contribution in [3.63, 3.8) is 0 Å². The zero-order chi connectivity index (χ0) is 18.1. The molecule has 0 amide bonds. The normalized spacial score (nSPS) is 11.4. The average molecular weight is 351 g/mol. The molecule has 0 saturated heterocycles. The fourth-order valence-corrected chi connectivity index (χ4v) is 2.72. The highest BCUT2D eigenvalue weighted by atomic mass is 19.1. The molecule has 26 heavy (non-hydrogen) atoms. The van der Waals surface area contributed by atoms with Crippen LogP contribution in [-0.2, 0) is 6.54 Å². The molecule has 0 aliphatic rings. The maximum absolute atomic E-state index is 14.1. The molecule has 7 nitrogen and oxygen atoms in total. The quantitative estimate of drug-likeness (QED) is 0.595. The third-order valence-electron chi connectivity index (χ3n) is 3.84. The number of hydrogen-bond acceptors (Lipinski definition) is 5. The highest BCUT2D eigenvalue weighted by molar-refractivity contribution is 5.61. The maximum atomic E-state index is 14.1. The van der Waals surface area contributed by atoms with Crippen molar-refractivity contribution in [2.75, 3.05) is 5.32 Å². The highest BCUT2D eigenvalue weighted by Gasteiger charge is 2.13. The van der Waals surface area contributed by atoms with Gasteiger partial charge in [0, 0.05) is 12.7 Å². The van der Waals surface area contributed by atoms with Crippen molar-refractivity contribution in [1.29, 1.82) is 0 Å². The van der Waals surface area contributed by atoms with Gasteiger partial charge in [0.1, 0.15) is 5.82 Å². The number of aromatic nitrogens is 6. The topological polar surface area (TPSA) is 72.9 Å². The first-order valence-electron chi connectivity index (χ1n) is 8.37. The molecule has 3 aromatic heterocycles. The predicted octanol–water partition coefficient (Wildman–Crippen LogP) is 3.53. The van der Waals surface area contributed by atoms with E-state index in [1.165, 1.54) is 10.6 Å². The average Bonchev–Trinajstić information content (AvgIpc) is 3.21. The minimum absolute atomic E-state index is 0.356. The number of anilines is 2. The molecule has 0 radical (unpaired) electrons. The van der Waals surface area contributed by atoms with Crippen molar-refractivity contribution in [3.05, 3.63) is 54.6 Å². The van der Waals surface area contributed by atoms with Crippen LogP contribution in [0.4, 0.5) is 15.9 Å². The lowest BCUT2D eigenvalue weighted by atomic mass is 10.2. The maximum Gasteiger partial charge on any atom is 0.188 e. The number of nitrogens with zero attached hydrogens (tertiary/aromatic N) is 6. The van der Waals surface area contributed by atoms with Crippen LogP contribution in [0.5, 0.6) is 0 Å². The smallest absolute Gasteiger partial charge is 0.188 e. The fourth-order valence-electron chi connectivity index (χ4n) is 2.72. The second-order valence-electron chi connectivity index (χ2n) is 6.46.